The molecule has 0 amide bonds. The molecule has 1 fully saturated rings. The molecule has 0 radical (unpaired) electrons. The van der Waals surface area contributed by atoms with Crippen molar-refractivity contribution >= 4 is 0 Å². The molecule has 20 heavy (non-hydrogen) atoms. The highest BCUT2D eigenvalue weighted by Crippen LogP contribution is 2.31. The lowest BCUT2D eigenvalue weighted by Gasteiger charge is -2.44. The molecule has 3 atom stereocenters. The van der Waals surface area contributed by atoms with Crippen molar-refractivity contribution in [3.8, 4) is 5.75 Å². The second kappa shape index (κ2) is 7.04. The molecule has 1 aliphatic carbocycles. The van der Waals surface area contributed by atoms with Crippen molar-refractivity contribution in [2.75, 3.05) is 13.2 Å². The summed E-state index contributed by atoms with van der Waals surface area (Å²) < 4.78 is 25.6. The van der Waals surface area contributed by atoms with Crippen LogP contribution in [0.15, 0.2) is 18.2 Å². The van der Waals surface area contributed by atoms with E-state index in [4.69, 9.17) is 9.47 Å². The summed E-state index contributed by atoms with van der Waals surface area (Å²) in [5, 5.41) is 3.38. The van der Waals surface area contributed by atoms with Crippen molar-refractivity contribution in [3.63, 3.8) is 0 Å². The molecule has 0 heterocycles. The zero-order valence-electron chi connectivity index (χ0n) is 12.5. The number of ether oxygens (including phenoxy) is 2. The third-order valence-electron chi connectivity index (χ3n) is 3.66. The molecular formula is C16H24FNO2. The molecule has 2 rings (SSSR count). The minimum atomic E-state index is -0.270. The number of aryl methyl sites for hydroxylation is 1. The van der Waals surface area contributed by atoms with Gasteiger partial charge in [-0.25, -0.2) is 4.39 Å². The summed E-state index contributed by atoms with van der Waals surface area (Å²) in [5.41, 5.74) is 0.607. The summed E-state index contributed by atoms with van der Waals surface area (Å²) in [4.78, 5) is 0. The van der Waals surface area contributed by atoms with Crippen molar-refractivity contribution < 1.29 is 13.9 Å². The molecule has 1 aromatic rings. The number of nitrogens with one attached hydrogen (secondary N) is 1. The van der Waals surface area contributed by atoms with Gasteiger partial charge in [-0.15, -0.1) is 0 Å². The molecule has 3 nitrogen and oxygen atoms in total. The molecule has 1 saturated carbocycles. The van der Waals surface area contributed by atoms with Crippen LogP contribution in [0.3, 0.4) is 0 Å². The van der Waals surface area contributed by atoms with Gasteiger partial charge in [-0.3, -0.25) is 0 Å². The van der Waals surface area contributed by atoms with E-state index in [0.29, 0.717) is 24.0 Å². The van der Waals surface area contributed by atoms with Crippen LogP contribution in [0.25, 0.3) is 0 Å². The van der Waals surface area contributed by atoms with E-state index in [1.54, 1.807) is 19.1 Å². The average molecular weight is 281 g/mol. The van der Waals surface area contributed by atoms with Crippen LogP contribution in [-0.4, -0.2) is 31.4 Å². The number of rotatable bonds is 7. The summed E-state index contributed by atoms with van der Waals surface area (Å²) in [6.07, 6.45) is 1.77. The SMILES string of the molecule is CCCOC1C(NCC)CC1Oc1cccc(C)c1F. The number of likely N-dealkylation sites (N-methyl/N-ethyl adjacent to an activating group) is 1. The number of halogens is 1. The molecular weight excluding hydrogens is 257 g/mol. The minimum absolute atomic E-state index is 0.00909. The normalized spacial score (nSPS) is 25.3. The first-order valence-corrected chi connectivity index (χ1v) is 7.44. The maximum Gasteiger partial charge on any atom is 0.167 e. The second-order valence-corrected chi connectivity index (χ2v) is 5.28. The quantitative estimate of drug-likeness (QED) is 0.833. The summed E-state index contributed by atoms with van der Waals surface area (Å²) in [5.74, 6) is 0.0590. The third-order valence-corrected chi connectivity index (χ3v) is 3.66. The van der Waals surface area contributed by atoms with Crippen LogP contribution in [0.4, 0.5) is 4.39 Å². The number of hydrogen-bond acceptors (Lipinski definition) is 3. The van der Waals surface area contributed by atoms with Crippen LogP contribution in [0, 0.1) is 12.7 Å². The van der Waals surface area contributed by atoms with Crippen LogP contribution in [0.1, 0.15) is 32.3 Å². The first-order valence-electron chi connectivity index (χ1n) is 7.44. The van der Waals surface area contributed by atoms with Gasteiger partial charge in [-0.05, 0) is 31.5 Å². The van der Waals surface area contributed by atoms with Gasteiger partial charge in [0.05, 0.1) is 0 Å². The smallest absolute Gasteiger partial charge is 0.167 e. The van der Waals surface area contributed by atoms with Gasteiger partial charge in [-0.2, -0.15) is 0 Å². The lowest BCUT2D eigenvalue weighted by Crippen LogP contribution is -2.61. The molecule has 0 saturated heterocycles. The van der Waals surface area contributed by atoms with Gasteiger partial charge in [0.1, 0.15) is 12.2 Å². The van der Waals surface area contributed by atoms with Gasteiger partial charge in [0.15, 0.2) is 11.6 Å². The maximum atomic E-state index is 14.0. The third kappa shape index (κ3) is 3.30. The molecule has 1 aromatic carbocycles. The highest BCUT2D eigenvalue weighted by Gasteiger charge is 2.43. The first kappa shape index (κ1) is 15.3. The van der Waals surface area contributed by atoms with Crippen molar-refractivity contribution in [3.05, 3.63) is 29.6 Å². The van der Waals surface area contributed by atoms with E-state index in [1.807, 2.05) is 6.07 Å². The lowest BCUT2D eigenvalue weighted by atomic mass is 9.85. The average Bonchev–Trinajstić information content (AvgIpc) is 2.42. The Labute approximate surface area is 120 Å². The van der Waals surface area contributed by atoms with Crippen molar-refractivity contribution in [1.29, 1.82) is 0 Å². The second-order valence-electron chi connectivity index (χ2n) is 5.28. The van der Waals surface area contributed by atoms with E-state index in [0.717, 1.165) is 19.4 Å². The van der Waals surface area contributed by atoms with Gasteiger partial charge in [-0.1, -0.05) is 26.0 Å². The Morgan fingerprint density at radius 2 is 2.15 bits per heavy atom. The van der Waals surface area contributed by atoms with Gasteiger partial charge < -0.3 is 14.8 Å². The van der Waals surface area contributed by atoms with Crippen LogP contribution in [0.5, 0.6) is 5.75 Å². The Hall–Kier alpha value is -1.13. The van der Waals surface area contributed by atoms with E-state index in [9.17, 15) is 4.39 Å². The molecule has 1 aliphatic rings. The molecule has 4 heteroatoms. The Balaban J connectivity index is 1.99. The topological polar surface area (TPSA) is 30.5 Å². The molecule has 3 unspecified atom stereocenters. The predicted molar refractivity (Wildman–Crippen MR) is 77.7 cm³/mol. The molecule has 0 aromatic heterocycles. The fourth-order valence-corrected chi connectivity index (χ4v) is 2.51. The number of benzene rings is 1. The van der Waals surface area contributed by atoms with Gasteiger partial charge >= 0.3 is 0 Å². The highest BCUT2D eigenvalue weighted by atomic mass is 19.1. The summed E-state index contributed by atoms with van der Waals surface area (Å²) in [6.45, 7) is 7.52. The lowest BCUT2D eigenvalue weighted by molar-refractivity contribution is -0.108. The summed E-state index contributed by atoms with van der Waals surface area (Å²) in [6, 6.07) is 5.55. The van der Waals surface area contributed by atoms with Crippen LogP contribution in [-0.2, 0) is 4.74 Å². The largest absolute Gasteiger partial charge is 0.485 e. The van der Waals surface area contributed by atoms with E-state index in [-0.39, 0.29) is 18.0 Å². The van der Waals surface area contributed by atoms with Crippen LogP contribution < -0.4 is 10.1 Å². The Morgan fingerprint density at radius 1 is 1.35 bits per heavy atom. The standard InChI is InChI=1S/C16H24FNO2/c1-4-9-19-16-12(18-5-2)10-14(16)20-13-8-6-7-11(3)15(13)17/h6-8,12,14,16,18H,4-5,9-10H2,1-3H3. The van der Waals surface area contributed by atoms with Gasteiger partial charge in [0.2, 0.25) is 0 Å². The fourth-order valence-electron chi connectivity index (χ4n) is 2.51. The minimum Gasteiger partial charge on any atom is -0.485 e. The number of hydrogen-bond donors (Lipinski definition) is 1. The zero-order valence-corrected chi connectivity index (χ0v) is 12.5. The highest BCUT2D eigenvalue weighted by molar-refractivity contribution is 5.30. The van der Waals surface area contributed by atoms with Crippen molar-refractivity contribution in [2.45, 2.75) is 51.9 Å². The molecule has 0 aliphatic heterocycles. The van der Waals surface area contributed by atoms with Crippen LogP contribution >= 0.6 is 0 Å². The summed E-state index contributed by atoms with van der Waals surface area (Å²) >= 11 is 0. The Kier molecular flexibility index (Phi) is 5.38. The maximum absolute atomic E-state index is 14.0. The van der Waals surface area contributed by atoms with Crippen molar-refractivity contribution in [2.24, 2.45) is 0 Å². The predicted octanol–water partition coefficient (Wildman–Crippen LogP) is 3.06. The fraction of sp³-hybridized carbons (Fsp3) is 0.625. The molecule has 112 valence electrons. The summed E-state index contributed by atoms with van der Waals surface area (Å²) in [7, 11) is 0. The zero-order chi connectivity index (χ0) is 14.5. The van der Waals surface area contributed by atoms with Gasteiger partial charge in [0, 0.05) is 19.1 Å². The Bertz CT molecular complexity index is 438. The first-order chi connectivity index (χ1) is 9.67. The van der Waals surface area contributed by atoms with Gasteiger partial charge in [0.25, 0.3) is 0 Å². The molecule has 0 bridgehead atoms. The Morgan fingerprint density at radius 3 is 2.85 bits per heavy atom. The van der Waals surface area contributed by atoms with Crippen LogP contribution in [0.2, 0.25) is 0 Å². The van der Waals surface area contributed by atoms with Crippen molar-refractivity contribution in [1.82, 2.24) is 5.32 Å². The molecule has 0 spiro atoms. The van der Waals surface area contributed by atoms with E-state index in [2.05, 4.69) is 19.2 Å². The van der Waals surface area contributed by atoms with E-state index < -0.39 is 0 Å². The van der Waals surface area contributed by atoms with E-state index >= 15 is 0 Å². The monoisotopic (exact) mass is 281 g/mol. The molecule has 1 N–H and O–H groups in total. The van der Waals surface area contributed by atoms with E-state index in [1.165, 1.54) is 0 Å².